The molecular formula is C23H21N3O2. The molecule has 0 aliphatic rings. The standard InChI is InChI=1S/C23H21N3O2/c1-15-9-10-16-11-12-19(23(27)21(16)25-15)22(20-8-3-4-13-24-20)26-17-6-5-7-18(14-17)28-2/h3-14,22,26-27H,1-2H3. The van der Waals surface area contributed by atoms with Gasteiger partial charge in [-0.15, -0.1) is 0 Å². The van der Waals surface area contributed by atoms with E-state index in [9.17, 15) is 5.11 Å². The number of aryl methyl sites for hydroxylation is 1. The number of fused-ring (bicyclic) bond motifs is 1. The maximum absolute atomic E-state index is 11.0. The molecule has 4 rings (SSSR count). The monoisotopic (exact) mass is 371 g/mol. The summed E-state index contributed by atoms with van der Waals surface area (Å²) >= 11 is 0. The number of nitrogens with one attached hydrogen (secondary N) is 1. The molecule has 0 aliphatic carbocycles. The molecule has 0 saturated carbocycles. The summed E-state index contributed by atoms with van der Waals surface area (Å²) in [5.41, 5.74) is 3.83. The topological polar surface area (TPSA) is 67.3 Å². The van der Waals surface area contributed by atoms with Crippen LogP contribution in [0.4, 0.5) is 5.69 Å². The lowest BCUT2D eigenvalue weighted by Gasteiger charge is -2.22. The van der Waals surface area contributed by atoms with Gasteiger partial charge in [-0.05, 0) is 37.3 Å². The predicted molar refractivity (Wildman–Crippen MR) is 111 cm³/mol. The molecule has 2 N–H and O–H groups in total. The first-order valence-corrected chi connectivity index (χ1v) is 9.06. The molecule has 0 radical (unpaired) electrons. The number of pyridine rings is 2. The number of phenols is 1. The van der Waals surface area contributed by atoms with Crippen molar-refractivity contribution in [2.45, 2.75) is 13.0 Å². The molecule has 0 bridgehead atoms. The summed E-state index contributed by atoms with van der Waals surface area (Å²) in [6, 6.07) is 20.9. The van der Waals surface area contributed by atoms with Gasteiger partial charge in [0, 0.05) is 34.6 Å². The summed E-state index contributed by atoms with van der Waals surface area (Å²) in [5.74, 6) is 0.914. The summed E-state index contributed by atoms with van der Waals surface area (Å²) in [5, 5.41) is 15.4. The fourth-order valence-corrected chi connectivity index (χ4v) is 3.26. The zero-order valence-electron chi connectivity index (χ0n) is 15.8. The first kappa shape index (κ1) is 17.8. The number of benzene rings is 2. The van der Waals surface area contributed by atoms with Gasteiger partial charge in [-0.25, -0.2) is 4.98 Å². The minimum Gasteiger partial charge on any atom is -0.505 e. The highest BCUT2D eigenvalue weighted by Crippen LogP contribution is 2.36. The van der Waals surface area contributed by atoms with Crippen molar-refractivity contribution in [2.75, 3.05) is 12.4 Å². The van der Waals surface area contributed by atoms with E-state index in [2.05, 4.69) is 15.3 Å². The van der Waals surface area contributed by atoms with Gasteiger partial charge in [0.15, 0.2) is 0 Å². The largest absolute Gasteiger partial charge is 0.505 e. The SMILES string of the molecule is COc1cccc(NC(c2ccccn2)c2ccc3ccc(C)nc3c2O)c1. The van der Waals surface area contributed by atoms with Crippen LogP contribution in [0.3, 0.4) is 0 Å². The molecule has 2 aromatic carbocycles. The van der Waals surface area contributed by atoms with Gasteiger partial charge in [0.05, 0.1) is 18.8 Å². The molecular weight excluding hydrogens is 350 g/mol. The number of methoxy groups -OCH3 is 1. The molecule has 5 heteroatoms. The van der Waals surface area contributed by atoms with Gasteiger partial charge in [0.25, 0.3) is 0 Å². The number of aromatic nitrogens is 2. The molecule has 2 heterocycles. The third kappa shape index (κ3) is 3.47. The maximum Gasteiger partial charge on any atom is 0.147 e. The van der Waals surface area contributed by atoms with E-state index >= 15 is 0 Å². The normalized spacial score (nSPS) is 11.9. The van der Waals surface area contributed by atoms with E-state index in [-0.39, 0.29) is 11.8 Å². The Morgan fingerprint density at radius 1 is 1.00 bits per heavy atom. The second-order valence-corrected chi connectivity index (χ2v) is 6.59. The van der Waals surface area contributed by atoms with Crippen LogP contribution in [0.15, 0.2) is 72.9 Å². The van der Waals surface area contributed by atoms with Crippen LogP contribution in [0.1, 0.15) is 23.0 Å². The minimum absolute atomic E-state index is 0.159. The Morgan fingerprint density at radius 2 is 1.86 bits per heavy atom. The number of ether oxygens (including phenoxy) is 1. The summed E-state index contributed by atoms with van der Waals surface area (Å²) in [7, 11) is 1.64. The Kier molecular flexibility index (Phi) is 4.81. The number of phenolic OH excluding ortho intramolecular Hbond substituents is 1. The van der Waals surface area contributed by atoms with Crippen LogP contribution in [0.2, 0.25) is 0 Å². The number of anilines is 1. The molecule has 2 aromatic heterocycles. The minimum atomic E-state index is -0.347. The van der Waals surface area contributed by atoms with Crippen LogP contribution in [-0.4, -0.2) is 22.2 Å². The molecule has 1 unspecified atom stereocenters. The van der Waals surface area contributed by atoms with Gasteiger partial charge in [-0.2, -0.15) is 0 Å². The van der Waals surface area contributed by atoms with Crippen LogP contribution in [0.25, 0.3) is 10.9 Å². The predicted octanol–water partition coefficient (Wildman–Crippen LogP) is 4.85. The first-order chi connectivity index (χ1) is 13.7. The smallest absolute Gasteiger partial charge is 0.147 e. The average Bonchev–Trinajstić information content (AvgIpc) is 2.74. The number of hydrogen-bond acceptors (Lipinski definition) is 5. The fourth-order valence-electron chi connectivity index (χ4n) is 3.26. The van der Waals surface area contributed by atoms with E-state index in [1.54, 1.807) is 13.3 Å². The van der Waals surface area contributed by atoms with Crippen LogP contribution < -0.4 is 10.1 Å². The lowest BCUT2D eigenvalue weighted by Crippen LogP contribution is -2.14. The van der Waals surface area contributed by atoms with Crippen LogP contribution in [-0.2, 0) is 0 Å². The average molecular weight is 371 g/mol. The summed E-state index contributed by atoms with van der Waals surface area (Å²) in [6.45, 7) is 1.91. The molecule has 0 amide bonds. The Labute approximate surface area is 163 Å². The molecule has 5 nitrogen and oxygen atoms in total. The first-order valence-electron chi connectivity index (χ1n) is 9.06. The quantitative estimate of drug-likeness (QED) is 0.525. The van der Waals surface area contributed by atoms with E-state index in [0.717, 1.165) is 28.2 Å². The Morgan fingerprint density at radius 3 is 2.64 bits per heavy atom. The Balaban J connectivity index is 1.84. The van der Waals surface area contributed by atoms with Gasteiger partial charge >= 0.3 is 0 Å². The van der Waals surface area contributed by atoms with Crippen molar-refractivity contribution in [1.29, 1.82) is 0 Å². The summed E-state index contributed by atoms with van der Waals surface area (Å²) < 4.78 is 5.33. The highest BCUT2D eigenvalue weighted by Gasteiger charge is 2.21. The van der Waals surface area contributed by atoms with Crippen LogP contribution >= 0.6 is 0 Å². The lowest BCUT2D eigenvalue weighted by molar-refractivity contribution is 0.415. The number of rotatable bonds is 5. The molecule has 28 heavy (non-hydrogen) atoms. The maximum atomic E-state index is 11.0. The molecule has 140 valence electrons. The zero-order valence-corrected chi connectivity index (χ0v) is 15.8. The summed E-state index contributed by atoms with van der Waals surface area (Å²) in [4.78, 5) is 9.04. The van der Waals surface area contributed by atoms with Crippen molar-refractivity contribution in [2.24, 2.45) is 0 Å². The molecule has 0 aliphatic heterocycles. The second-order valence-electron chi connectivity index (χ2n) is 6.59. The number of hydrogen-bond donors (Lipinski definition) is 2. The van der Waals surface area contributed by atoms with E-state index in [0.29, 0.717) is 11.1 Å². The molecule has 1 atom stereocenters. The van der Waals surface area contributed by atoms with Crippen molar-refractivity contribution in [3.05, 3.63) is 89.9 Å². The Bertz CT molecular complexity index is 1110. The van der Waals surface area contributed by atoms with Gasteiger partial charge in [-0.3, -0.25) is 4.98 Å². The van der Waals surface area contributed by atoms with Gasteiger partial charge < -0.3 is 15.2 Å². The van der Waals surface area contributed by atoms with Crippen molar-refractivity contribution in [3.8, 4) is 11.5 Å². The highest BCUT2D eigenvalue weighted by molar-refractivity contribution is 5.86. The third-order valence-corrected chi connectivity index (χ3v) is 4.68. The summed E-state index contributed by atoms with van der Waals surface area (Å²) in [6.07, 6.45) is 1.75. The molecule has 0 saturated heterocycles. The van der Waals surface area contributed by atoms with E-state index in [1.807, 2.05) is 73.7 Å². The van der Waals surface area contributed by atoms with Crippen molar-refractivity contribution in [3.63, 3.8) is 0 Å². The molecule has 0 spiro atoms. The van der Waals surface area contributed by atoms with Crippen molar-refractivity contribution in [1.82, 2.24) is 9.97 Å². The Hall–Kier alpha value is -3.60. The van der Waals surface area contributed by atoms with E-state index in [1.165, 1.54) is 0 Å². The second kappa shape index (κ2) is 7.56. The third-order valence-electron chi connectivity index (χ3n) is 4.68. The molecule has 4 aromatic rings. The van der Waals surface area contributed by atoms with Gasteiger partial charge in [0.1, 0.15) is 17.0 Å². The lowest BCUT2D eigenvalue weighted by atomic mass is 9.99. The number of nitrogens with zero attached hydrogens (tertiary/aromatic N) is 2. The van der Waals surface area contributed by atoms with Gasteiger partial charge in [-0.1, -0.05) is 30.3 Å². The van der Waals surface area contributed by atoms with Gasteiger partial charge in [0.2, 0.25) is 0 Å². The van der Waals surface area contributed by atoms with E-state index < -0.39 is 0 Å². The zero-order chi connectivity index (χ0) is 19.5. The van der Waals surface area contributed by atoms with Crippen molar-refractivity contribution >= 4 is 16.6 Å². The molecule has 0 fully saturated rings. The highest BCUT2D eigenvalue weighted by atomic mass is 16.5. The number of aromatic hydroxyl groups is 1. The fraction of sp³-hybridized carbons (Fsp3) is 0.130. The van der Waals surface area contributed by atoms with Crippen LogP contribution in [0, 0.1) is 6.92 Å². The van der Waals surface area contributed by atoms with E-state index in [4.69, 9.17) is 4.74 Å². The van der Waals surface area contributed by atoms with Crippen LogP contribution in [0.5, 0.6) is 11.5 Å². The van der Waals surface area contributed by atoms with Crippen molar-refractivity contribution < 1.29 is 9.84 Å².